The third-order valence-corrected chi connectivity index (χ3v) is 11.8. The molecule has 2 fully saturated rings. The smallest absolute Gasteiger partial charge is 0.264 e. The number of hydrogen-bond donors (Lipinski definition) is 5. The molecule has 4 atom stereocenters. The average molecular weight is 814 g/mol. The zero-order valence-electron chi connectivity index (χ0n) is 33.3. The molecule has 5 N–H and O–H groups in total. The van der Waals surface area contributed by atoms with Crippen molar-refractivity contribution in [2.75, 3.05) is 18.4 Å². The highest BCUT2D eigenvalue weighted by Gasteiger charge is 2.46. The van der Waals surface area contributed by atoms with Crippen molar-refractivity contribution >= 4 is 58.4 Å². The molecule has 2 aromatic carbocycles. The van der Waals surface area contributed by atoms with Gasteiger partial charge in [0.2, 0.25) is 29.5 Å². The summed E-state index contributed by atoms with van der Waals surface area (Å²) >= 11 is 1.57. The Hall–Kier alpha value is -5.48. The first-order valence-electron chi connectivity index (χ1n) is 19.8. The fourth-order valence-electron chi connectivity index (χ4n) is 7.66. The third-order valence-electron chi connectivity index (χ3n) is 10.8. The average Bonchev–Trinajstić information content (AvgIpc) is 3.87. The van der Waals surface area contributed by atoms with Gasteiger partial charge in [0.1, 0.15) is 18.1 Å². The molecule has 1 aromatic heterocycles. The maximum atomic E-state index is 14.0. The maximum Gasteiger partial charge on any atom is 0.264 e. The first-order chi connectivity index (χ1) is 27.6. The van der Waals surface area contributed by atoms with Crippen LogP contribution in [0.25, 0.3) is 10.4 Å². The lowest BCUT2D eigenvalue weighted by molar-refractivity contribution is -0.144. The predicted molar refractivity (Wildman–Crippen MR) is 216 cm³/mol. The quantitative estimate of drug-likeness (QED) is 0.111. The van der Waals surface area contributed by atoms with Gasteiger partial charge in [0.25, 0.3) is 11.8 Å². The van der Waals surface area contributed by atoms with Gasteiger partial charge in [0, 0.05) is 44.6 Å². The number of carbonyl (C=O) groups is 7. The van der Waals surface area contributed by atoms with Crippen LogP contribution in [0.15, 0.2) is 48.0 Å². The van der Waals surface area contributed by atoms with Crippen molar-refractivity contribution in [3.63, 3.8) is 0 Å². The van der Waals surface area contributed by atoms with Crippen LogP contribution in [-0.2, 0) is 30.5 Å². The van der Waals surface area contributed by atoms with Crippen LogP contribution in [0.3, 0.4) is 0 Å². The summed E-state index contributed by atoms with van der Waals surface area (Å²) in [5, 5.41) is 21.8. The number of thiazole rings is 1. The van der Waals surface area contributed by atoms with Gasteiger partial charge in [0.05, 0.1) is 33.3 Å². The lowest BCUT2D eigenvalue weighted by Crippen LogP contribution is -2.57. The number of nitrogens with zero attached hydrogens (tertiary/aromatic N) is 3. The van der Waals surface area contributed by atoms with E-state index in [0.717, 1.165) is 39.4 Å². The number of amides is 7. The molecule has 0 radical (unpaired) electrons. The number of fused-ring (bicyclic) bond motifs is 1. The van der Waals surface area contributed by atoms with Crippen molar-refractivity contribution in [1.82, 2.24) is 30.7 Å². The Morgan fingerprint density at radius 3 is 2.43 bits per heavy atom. The van der Waals surface area contributed by atoms with Crippen molar-refractivity contribution in [1.29, 1.82) is 0 Å². The molecule has 0 saturated carbocycles. The molecule has 15 nitrogen and oxygen atoms in total. The minimum absolute atomic E-state index is 0.00927. The molecule has 7 amide bonds. The monoisotopic (exact) mass is 813 g/mol. The molecule has 3 aliphatic rings. The number of aryl methyl sites for hydroxylation is 1. The number of β-amino-alcohol motifs (C(OH)–C–C–N with tert-alkyl or cyclic N) is 1. The Kier molecular flexibility index (Phi) is 13.1. The van der Waals surface area contributed by atoms with Crippen LogP contribution in [0, 0.1) is 12.3 Å². The second kappa shape index (κ2) is 18.0. The molecule has 4 heterocycles. The minimum Gasteiger partial charge on any atom is -0.391 e. The van der Waals surface area contributed by atoms with E-state index in [4.69, 9.17) is 0 Å². The summed E-state index contributed by atoms with van der Waals surface area (Å²) in [6.07, 6.45) is 2.33. The van der Waals surface area contributed by atoms with Crippen LogP contribution in [0.4, 0.5) is 5.69 Å². The van der Waals surface area contributed by atoms with Crippen LogP contribution >= 0.6 is 11.3 Å². The van der Waals surface area contributed by atoms with Gasteiger partial charge in [-0.05, 0) is 54.9 Å². The molecule has 6 rings (SSSR count). The van der Waals surface area contributed by atoms with Crippen molar-refractivity contribution in [3.05, 3.63) is 70.4 Å². The molecule has 3 aromatic rings. The number of piperidine rings is 1. The number of aliphatic hydroxyl groups is 1. The Labute approximate surface area is 341 Å². The van der Waals surface area contributed by atoms with Crippen molar-refractivity contribution < 1.29 is 38.7 Å². The van der Waals surface area contributed by atoms with E-state index in [0.29, 0.717) is 25.1 Å². The van der Waals surface area contributed by atoms with E-state index in [-0.39, 0.29) is 61.7 Å². The van der Waals surface area contributed by atoms with Crippen LogP contribution in [0.1, 0.15) is 104 Å². The second-order valence-corrected chi connectivity index (χ2v) is 17.1. The SMILES string of the molecule is Cc1ncsc1-c1ccc(CNC(=O)C2CC(O)CN2C(=O)C(NC(=O)CCCCCCNc2cccc3c2C(=O)N(C2CCC(=O)NC2=O)C3=O)C(C)(C)C)cc1. The highest BCUT2D eigenvalue weighted by molar-refractivity contribution is 7.13. The zero-order chi connectivity index (χ0) is 41.7. The van der Waals surface area contributed by atoms with Gasteiger partial charge >= 0.3 is 0 Å². The highest BCUT2D eigenvalue weighted by atomic mass is 32.1. The van der Waals surface area contributed by atoms with E-state index < -0.39 is 59.2 Å². The van der Waals surface area contributed by atoms with Crippen molar-refractivity contribution in [2.24, 2.45) is 5.41 Å². The van der Waals surface area contributed by atoms with Gasteiger partial charge in [-0.1, -0.05) is 63.9 Å². The van der Waals surface area contributed by atoms with E-state index in [1.54, 1.807) is 35.0 Å². The van der Waals surface area contributed by atoms with E-state index in [1.165, 1.54) is 4.90 Å². The maximum absolute atomic E-state index is 14.0. The summed E-state index contributed by atoms with van der Waals surface area (Å²) in [6.45, 7) is 8.25. The molecular weight excluding hydrogens is 763 g/mol. The first-order valence-corrected chi connectivity index (χ1v) is 20.7. The van der Waals surface area contributed by atoms with Gasteiger partial charge in [-0.3, -0.25) is 43.8 Å². The Morgan fingerprint density at radius 2 is 1.74 bits per heavy atom. The standard InChI is InChI=1S/C42H51N7O8S/c1-24-35(58-23-45-24)26-15-13-25(14-16-26)21-44-37(53)31-20-27(50)22-48(31)41(57)36(42(2,3)4)46-32(51)12-7-5-6-8-19-43-29-11-9-10-28-34(29)40(56)49(39(28)55)30-17-18-33(52)47-38(30)54/h9-11,13-16,23,27,30-31,36,43,50H,5-8,12,17-22H2,1-4H3,(H,44,53)(H,46,51)(H,47,52,54). The number of anilines is 1. The van der Waals surface area contributed by atoms with E-state index in [2.05, 4.69) is 26.3 Å². The fourth-order valence-corrected chi connectivity index (χ4v) is 8.47. The first kappa shape index (κ1) is 42.1. The Bertz CT molecular complexity index is 2080. The second-order valence-electron chi connectivity index (χ2n) is 16.2. The van der Waals surface area contributed by atoms with E-state index >= 15 is 0 Å². The zero-order valence-corrected chi connectivity index (χ0v) is 34.1. The lowest BCUT2D eigenvalue weighted by Gasteiger charge is -2.35. The molecular formula is C42H51N7O8S. The highest BCUT2D eigenvalue weighted by Crippen LogP contribution is 2.33. The molecule has 58 heavy (non-hydrogen) atoms. The fraction of sp³-hybridized carbons (Fsp3) is 0.476. The van der Waals surface area contributed by atoms with Crippen LogP contribution < -0.4 is 21.3 Å². The molecule has 2 saturated heterocycles. The number of unbranched alkanes of at least 4 members (excludes halogenated alkanes) is 3. The summed E-state index contributed by atoms with van der Waals surface area (Å²) in [5.41, 5.74) is 4.92. The van der Waals surface area contributed by atoms with Gasteiger partial charge < -0.3 is 26.0 Å². The summed E-state index contributed by atoms with van der Waals surface area (Å²) < 4.78 is 0. The van der Waals surface area contributed by atoms with Gasteiger partial charge in [0.15, 0.2) is 0 Å². The van der Waals surface area contributed by atoms with Crippen molar-refractivity contribution in [2.45, 2.75) is 110 Å². The van der Waals surface area contributed by atoms with Crippen molar-refractivity contribution in [3.8, 4) is 10.4 Å². The number of carbonyl (C=O) groups excluding carboxylic acids is 7. The van der Waals surface area contributed by atoms with Gasteiger partial charge in [-0.25, -0.2) is 4.98 Å². The number of imide groups is 2. The summed E-state index contributed by atoms with van der Waals surface area (Å²) in [7, 11) is 0. The summed E-state index contributed by atoms with van der Waals surface area (Å²) in [6, 6.07) is 9.94. The lowest BCUT2D eigenvalue weighted by atomic mass is 9.85. The molecule has 0 spiro atoms. The van der Waals surface area contributed by atoms with Crippen LogP contribution in [-0.4, -0.2) is 98.6 Å². The van der Waals surface area contributed by atoms with E-state index in [1.807, 2.05) is 52.0 Å². The molecule has 16 heteroatoms. The summed E-state index contributed by atoms with van der Waals surface area (Å²) in [4.78, 5) is 98.7. The van der Waals surface area contributed by atoms with Gasteiger partial charge in [-0.15, -0.1) is 11.3 Å². The molecule has 0 bridgehead atoms. The molecule has 0 aliphatic carbocycles. The molecule has 308 valence electrons. The normalized spacial score (nSPS) is 19.8. The Balaban J connectivity index is 0.947. The number of likely N-dealkylation sites (tertiary alicyclic amines) is 1. The topological polar surface area (TPSA) is 207 Å². The number of rotatable bonds is 15. The van der Waals surface area contributed by atoms with Crippen LogP contribution in [0.2, 0.25) is 0 Å². The third kappa shape index (κ3) is 9.45. The van der Waals surface area contributed by atoms with E-state index in [9.17, 15) is 38.7 Å². The molecule has 3 aliphatic heterocycles. The molecule has 4 unspecified atom stereocenters. The number of aliphatic hydroxyl groups excluding tert-OH is 1. The predicted octanol–water partition coefficient (Wildman–Crippen LogP) is 3.69. The minimum atomic E-state index is -1.04. The number of hydrogen-bond acceptors (Lipinski definition) is 11. The number of aromatic nitrogens is 1. The van der Waals surface area contributed by atoms with Gasteiger partial charge in [-0.2, -0.15) is 0 Å². The number of benzene rings is 2. The van der Waals surface area contributed by atoms with Crippen LogP contribution in [0.5, 0.6) is 0 Å². The summed E-state index contributed by atoms with van der Waals surface area (Å²) in [5.74, 6) is -3.30. The largest absolute Gasteiger partial charge is 0.391 e. The number of nitrogens with one attached hydrogen (secondary N) is 4. The Morgan fingerprint density at radius 1 is 1.00 bits per heavy atom.